The highest BCUT2D eigenvalue weighted by Gasteiger charge is 2.27. The van der Waals surface area contributed by atoms with Crippen molar-refractivity contribution in [3.05, 3.63) is 22.5 Å². The van der Waals surface area contributed by atoms with E-state index in [2.05, 4.69) is 15.2 Å². The molecule has 1 aromatic rings. The van der Waals surface area contributed by atoms with Crippen molar-refractivity contribution in [3.63, 3.8) is 0 Å². The summed E-state index contributed by atoms with van der Waals surface area (Å²) in [6.45, 7) is 12.5. The number of amides is 2. The van der Waals surface area contributed by atoms with Crippen LogP contribution in [0.2, 0.25) is 0 Å². The quantitative estimate of drug-likeness (QED) is 0.774. The van der Waals surface area contributed by atoms with Gasteiger partial charge in [-0.1, -0.05) is 0 Å². The molecule has 7 nitrogen and oxygen atoms in total. The van der Waals surface area contributed by atoms with Crippen LogP contribution >= 0.6 is 0 Å². The Labute approximate surface area is 167 Å². The fourth-order valence-electron chi connectivity index (χ4n) is 4.07. The number of H-pyrrole nitrogens is 1. The van der Waals surface area contributed by atoms with Crippen molar-refractivity contribution in [2.45, 2.75) is 40.0 Å². The van der Waals surface area contributed by atoms with Crippen molar-refractivity contribution in [2.24, 2.45) is 5.92 Å². The Kier molecular flexibility index (Phi) is 7.13. The lowest BCUT2D eigenvalue weighted by atomic mass is 9.93. The second-order valence-corrected chi connectivity index (χ2v) is 8.12. The van der Waals surface area contributed by atoms with Crippen LogP contribution in [0.3, 0.4) is 0 Å². The lowest BCUT2D eigenvalue weighted by Crippen LogP contribution is -2.42. The van der Waals surface area contributed by atoms with Gasteiger partial charge in [-0.25, -0.2) is 0 Å². The number of nitrogens with zero attached hydrogens (tertiary/aromatic N) is 2. The predicted octanol–water partition coefficient (Wildman–Crippen LogP) is 1.63. The van der Waals surface area contributed by atoms with Crippen LogP contribution < -0.4 is 5.32 Å². The zero-order valence-electron chi connectivity index (χ0n) is 17.5. The molecule has 0 spiro atoms. The number of nitrogens with one attached hydrogen (secondary N) is 2. The normalized spacial score (nSPS) is 19.0. The number of carbonyl (C=O) groups is 2. The molecule has 2 aliphatic heterocycles. The van der Waals surface area contributed by atoms with Gasteiger partial charge in [-0.3, -0.25) is 14.5 Å². The average Bonchev–Trinajstić information content (AvgIpc) is 2.96. The minimum atomic E-state index is 0.0853. The number of aromatic nitrogens is 1. The van der Waals surface area contributed by atoms with E-state index in [9.17, 15) is 9.59 Å². The number of aromatic amines is 1. The summed E-state index contributed by atoms with van der Waals surface area (Å²) in [6, 6.07) is 0. The molecule has 3 heterocycles. The molecule has 7 heteroatoms. The van der Waals surface area contributed by atoms with E-state index in [1.54, 1.807) is 0 Å². The molecule has 0 bridgehead atoms. The molecular formula is C21H34N4O3. The monoisotopic (exact) mass is 390 g/mol. The van der Waals surface area contributed by atoms with Crippen molar-refractivity contribution in [3.8, 4) is 0 Å². The molecular weight excluding hydrogens is 356 g/mol. The van der Waals surface area contributed by atoms with Gasteiger partial charge in [0.1, 0.15) is 5.69 Å². The molecule has 2 aliphatic rings. The highest BCUT2D eigenvalue weighted by Crippen LogP contribution is 2.24. The standard InChI is InChI=1S/C21H34N4O3/c1-15-16(2)20(23-17(15)3)21(27)25-7-4-18(5-8-25)14-19(26)22-6-9-24-10-12-28-13-11-24/h18,23H,4-14H2,1-3H3,(H,22,26). The zero-order chi connectivity index (χ0) is 20.1. The van der Waals surface area contributed by atoms with E-state index < -0.39 is 0 Å². The number of rotatable bonds is 6. The van der Waals surface area contributed by atoms with Gasteiger partial charge < -0.3 is 19.9 Å². The molecule has 0 unspecified atom stereocenters. The van der Waals surface area contributed by atoms with Gasteiger partial charge in [0.25, 0.3) is 5.91 Å². The van der Waals surface area contributed by atoms with Crippen molar-refractivity contribution < 1.29 is 14.3 Å². The summed E-state index contributed by atoms with van der Waals surface area (Å²) in [6.07, 6.45) is 2.34. The molecule has 0 aromatic carbocycles. The zero-order valence-corrected chi connectivity index (χ0v) is 17.5. The topological polar surface area (TPSA) is 77.7 Å². The Morgan fingerprint density at radius 3 is 2.36 bits per heavy atom. The third-order valence-electron chi connectivity index (χ3n) is 6.26. The van der Waals surface area contributed by atoms with E-state index in [0.29, 0.717) is 24.6 Å². The third kappa shape index (κ3) is 5.14. The molecule has 2 N–H and O–H groups in total. The maximum Gasteiger partial charge on any atom is 0.270 e. The Bertz CT molecular complexity index is 686. The first kappa shape index (κ1) is 20.9. The summed E-state index contributed by atoms with van der Waals surface area (Å²) in [5.74, 6) is 0.576. The van der Waals surface area contributed by atoms with Crippen LogP contribution in [0.15, 0.2) is 0 Å². The minimum absolute atomic E-state index is 0.0853. The number of piperidine rings is 1. The number of likely N-dealkylation sites (tertiary alicyclic amines) is 1. The lowest BCUT2D eigenvalue weighted by Gasteiger charge is -2.32. The first-order valence-electron chi connectivity index (χ1n) is 10.5. The van der Waals surface area contributed by atoms with Gasteiger partial charge in [0.05, 0.1) is 13.2 Å². The van der Waals surface area contributed by atoms with E-state index in [0.717, 1.165) is 75.6 Å². The Morgan fingerprint density at radius 2 is 1.75 bits per heavy atom. The third-order valence-corrected chi connectivity index (χ3v) is 6.26. The summed E-state index contributed by atoms with van der Waals surface area (Å²) in [5, 5.41) is 3.05. The highest BCUT2D eigenvalue weighted by molar-refractivity contribution is 5.94. The van der Waals surface area contributed by atoms with Gasteiger partial charge in [-0.2, -0.15) is 0 Å². The van der Waals surface area contributed by atoms with E-state index in [1.807, 2.05) is 25.7 Å². The maximum absolute atomic E-state index is 12.8. The summed E-state index contributed by atoms with van der Waals surface area (Å²) in [4.78, 5) is 32.5. The van der Waals surface area contributed by atoms with Gasteiger partial charge in [0, 0.05) is 51.4 Å². The minimum Gasteiger partial charge on any atom is -0.379 e. The van der Waals surface area contributed by atoms with Crippen LogP contribution in [0.1, 0.15) is 46.6 Å². The Morgan fingerprint density at radius 1 is 1.07 bits per heavy atom. The molecule has 28 heavy (non-hydrogen) atoms. The molecule has 2 fully saturated rings. The van der Waals surface area contributed by atoms with Crippen LogP contribution in [-0.4, -0.2) is 79.1 Å². The molecule has 0 atom stereocenters. The SMILES string of the molecule is Cc1[nH]c(C(=O)N2CCC(CC(=O)NCCN3CCOCC3)CC2)c(C)c1C. The average molecular weight is 391 g/mol. The summed E-state index contributed by atoms with van der Waals surface area (Å²) >= 11 is 0. The van der Waals surface area contributed by atoms with Gasteiger partial charge >= 0.3 is 0 Å². The second kappa shape index (κ2) is 9.56. The molecule has 0 aliphatic carbocycles. The molecule has 2 saturated heterocycles. The van der Waals surface area contributed by atoms with E-state index >= 15 is 0 Å². The molecule has 1 aromatic heterocycles. The van der Waals surface area contributed by atoms with E-state index in [1.165, 1.54) is 0 Å². The molecule has 2 amide bonds. The Hall–Kier alpha value is -1.86. The summed E-state index contributed by atoms with van der Waals surface area (Å²) < 4.78 is 5.34. The van der Waals surface area contributed by atoms with Crippen LogP contribution in [0.4, 0.5) is 0 Å². The van der Waals surface area contributed by atoms with Crippen LogP contribution in [0.5, 0.6) is 0 Å². The number of morpholine rings is 1. The van der Waals surface area contributed by atoms with E-state index in [4.69, 9.17) is 4.74 Å². The number of ether oxygens (including phenoxy) is 1. The highest BCUT2D eigenvalue weighted by atomic mass is 16.5. The number of hydrogen-bond donors (Lipinski definition) is 2. The summed E-state index contributed by atoms with van der Waals surface area (Å²) in [5.41, 5.74) is 3.98. The van der Waals surface area contributed by atoms with Gasteiger partial charge in [0.2, 0.25) is 5.91 Å². The molecule has 0 saturated carbocycles. The van der Waals surface area contributed by atoms with Crippen LogP contribution in [-0.2, 0) is 9.53 Å². The van der Waals surface area contributed by atoms with Crippen molar-refractivity contribution >= 4 is 11.8 Å². The fraction of sp³-hybridized carbons (Fsp3) is 0.714. The van der Waals surface area contributed by atoms with Crippen molar-refractivity contribution in [2.75, 3.05) is 52.5 Å². The summed E-state index contributed by atoms with van der Waals surface area (Å²) in [7, 11) is 0. The maximum atomic E-state index is 12.8. The van der Waals surface area contributed by atoms with Gasteiger partial charge in [0.15, 0.2) is 0 Å². The first-order chi connectivity index (χ1) is 13.5. The predicted molar refractivity (Wildman–Crippen MR) is 109 cm³/mol. The smallest absolute Gasteiger partial charge is 0.270 e. The fourth-order valence-corrected chi connectivity index (χ4v) is 4.07. The first-order valence-corrected chi connectivity index (χ1v) is 10.5. The Balaban J connectivity index is 1.38. The van der Waals surface area contributed by atoms with Crippen LogP contribution in [0, 0.1) is 26.7 Å². The van der Waals surface area contributed by atoms with Crippen molar-refractivity contribution in [1.29, 1.82) is 0 Å². The van der Waals surface area contributed by atoms with Crippen molar-refractivity contribution in [1.82, 2.24) is 20.1 Å². The number of hydrogen-bond acceptors (Lipinski definition) is 4. The largest absolute Gasteiger partial charge is 0.379 e. The van der Waals surface area contributed by atoms with E-state index in [-0.39, 0.29) is 11.8 Å². The molecule has 156 valence electrons. The van der Waals surface area contributed by atoms with Crippen LogP contribution in [0.25, 0.3) is 0 Å². The van der Waals surface area contributed by atoms with Gasteiger partial charge in [-0.15, -0.1) is 0 Å². The second-order valence-electron chi connectivity index (χ2n) is 8.12. The number of carbonyl (C=O) groups excluding carboxylic acids is 2. The molecule has 3 rings (SSSR count). The lowest BCUT2D eigenvalue weighted by molar-refractivity contribution is -0.122. The number of aryl methyl sites for hydroxylation is 1. The van der Waals surface area contributed by atoms with Gasteiger partial charge in [-0.05, 0) is 50.7 Å². The molecule has 0 radical (unpaired) electrons.